The second-order valence-electron chi connectivity index (χ2n) is 4.37. The van der Waals surface area contributed by atoms with Crippen LogP contribution in [0.2, 0.25) is 10.0 Å². The highest BCUT2D eigenvalue weighted by atomic mass is 35.5. The van der Waals surface area contributed by atoms with E-state index in [4.69, 9.17) is 23.2 Å². The third-order valence-electron chi connectivity index (χ3n) is 3.23. The normalized spacial score (nSPS) is 19.9. The largest absolute Gasteiger partial charge is 0.303 e. The van der Waals surface area contributed by atoms with Crippen molar-refractivity contribution in [3.63, 3.8) is 0 Å². The second-order valence-corrected chi connectivity index (χ2v) is 5.18. The predicted octanol–water partition coefficient (Wildman–Crippen LogP) is 4.77. The molecule has 0 bridgehead atoms. The van der Waals surface area contributed by atoms with Crippen LogP contribution in [0.1, 0.15) is 31.2 Å². The van der Waals surface area contributed by atoms with Crippen molar-refractivity contribution >= 4 is 35.1 Å². The first-order valence-corrected chi connectivity index (χ1v) is 6.55. The minimum Gasteiger partial charge on any atom is -0.303 e. The molecule has 1 aromatic rings. The summed E-state index contributed by atoms with van der Waals surface area (Å²) in [6, 6.07) is 5.58. The minimum absolute atomic E-state index is 0.484. The van der Waals surface area contributed by atoms with E-state index in [1.54, 1.807) is 0 Å². The third kappa shape index (κ3) is 2.91. The number of halogens is 2. The second kappa shape index (κ2) is 5.70. The van der Waals surface area contributed by atoms with Crippen LogP contribution in [-0.4, -0.2) is 6.29 Å². The average Bonchev–Trinajstić information content (AvgIpc) is 2.31. The zero-order valence-electron chi connectivity index (χ0n) is 9.46. The Bertz CT molecular complexity index is 431. The van der Waals surface area contributed by atoms with Crippen molar-refractivity contribution in [2.75, 3.05) is 0 Å². The Morgan fingerprint density at radius 2 is 2.00 bits per heavy atom. The summed E-state index contributed by atoms with van der Waals surface area (Å²) in [6.45, 7) is 0. The molecule has 90 valence electrons. The number of rotatable bonds is 3. The SMILES string of the molecule is O=CCC1CC=C(c2c(Cl)cccc2Cl)CC1. The molecule has 0 heterocycles. The number of carbonyl (C=O) groups is 1. The van der Waals surface area contributed by atoms with Gasteiger partial charge in [-0.05, 0) is 42.9 Å². The molecule has 1 aromatic carbocycles. The Balaban J connectivity index is 2.22. The third-order valence-corrected chi connectivity index (χ3v) is 3.86. The quantitative estimate of drug-likeness (QED) is 0.722. The molecule has 3 heteroatoms. The monoisotopic (exact) mass is 268 g/mol. The van der Waals surface area contributed by atoms with Gasteiger partial charge in [0.1, 0.15) is 6.29 Å². The first kappa shape index (κ1) is 12.7. The van der Waals surface area contributed by atoms with Crippen LogP contribution in [0.3, 0.4) is 0 Å². The van der Waals surface area contributed by atoms with E-state index < -0.39 is 0 Å². The molecule has 0 radical (unpaired) electrons. The molecule has 17 heavy (non-hydrogen) atoms. The van der Waals surface area contributed by atoms with Gasteiger partial charge < -0.3 is 4.79 Å². The summed E-state index contributed by atoms with van der Waals surface area (Å²) in [5, 5.41) is 1.41. The minimum atomic E-state index is 0.484. The Morgan fingerprint density at radius 1 is 1.29 bits per heavy atom. The van der Waals surface area contributed by atoms with Gasteiger partial charge in [0, 0.05) is 22.0 Å². The zero-order chi connectivity index (χ0) is 12.3. The lowest BCUT2D eigenvalue weighted by Crippen LogP contribution is -2.06. The molecule has 0 aromatic heterocycles. The molecule has 0 saturated heterocycles. The first-order valence-electron chi connectivity index (χ1n) is 5.79. The molecular weight excluding hydrogens is 255 g/mol. The van der Waals surface area contributed by atoms with E-state index in [1.807, 2.05) is 18.2 Å². The highest BCUT2D eigenvalue weighted by molar-refractivity contribution is 6.37. The van der Waals surface area contributed by atoms with E-state index >= 15 is 0 Å². The Kier molecular flexibility index (Phi) is 4.25. The van der Waals surface area contributed by atoms with Gasteiger partial charge >= 0.3 is 0 Å². The number of hydrogen-bond acceptors (Lipinski definition) is 1. The van der Waals surface area contributed by atoms with Crippen molar-refractivity contribution < 1.29 is 4.79 Å². The van der Waals surface area contributed by atoms with Gasteiger partial charge in [0.2, 0.25) is 0 Å². The van der Waals surface area contributed by atoms with Crippen LogP contribution < -0.4 is 0 Å². The predicted molar refractivity (Wildman–Crippen MR) is 72.5 cm³/mol. The maximum atomic E-state index is 10.5. The van der Waals surface area contributed by atoms with Crippen LogP contribution in [0.5, 0.6) is 0 Å². The number of aldehydes is 1. The lowest BCUT2D eigenvalue weighted by Gasteiger charge is -2.21. The van der Waals surface area contributed by atoms with Crippen LogP contribution in [0.25, 0.3) is 5.57 Å². The molecule has 1 aliphatic rings. The van der Waals surface area contributed by atoms with Crippen LogP contribution in [0.15, 0.2) is 24.3 Å². The van der Waals surface area contributed by atoms with Gasteiger partial charge in [0.25, 0.3) is 0 Å². The molecule has 0 spiro atoms. The summed E-state index contributed by atoms with van der Waals surface area (Å²) < 4.78 is 0. The van der Waals surface area contributed by atoms with Gasteiger partial charge in [0.05, 0.1) is 0 Å². The van der Waals surface area contributed by atoms with Gasteiger partial charge in [-0.3, -0.25) is 0 Å². The number of carbonyl (C=O) groups excluding carboxylic acids is 1. The number of allylic oxidation sites excluding steroid dienone is 2. The highest BCUT2D eigenvalue weighted by Gasteiger charge is 2.18. The van der Waals surface area contributed by atoms with Crippen LogP contribution >= 0.6 is 23.2 Å². The molecular formula is C14H14Cl2O. The topological polar surface area (TPSA) is 17.1 Å². The van der Waals surface area contributed by atoms with Crippen molar-refractivity contribution in [2.24, 2.45) is 5.92 Å². The fraction of sp³-hybridized carbons (Fsp3) is 0.357. The molecule has 1 nitrogen and oxygen atoms in total. The van der Waals surface area contributed by atoms with Crippen LogP contribution in [0.4, 0.5) is 0 Å². The summed E-state index contributed by atoms with van der Waals surface area (Å²) in [6.07, 6.45) is 6.75. The highest BCUT2D eigenvalue weighted by Crippen LogP contribution is 2.38. The number of hydrogen-bond donors (Lipinski definition) is 0. The number of benzene rings is 1. The average molecular weight is 269 g/mol. The summed E-state index contributed by atoms with van der Waals surface area (Å²) in [4.78, 5) is 10.5. The van der Waals surface area contributed by atoms with Gasteiger partial charge in [-0.2, -0.15) is 0 Å². The Labute approximate surface area is 111 Å². The van der Waals surface area contributed by atoms with E-state index in [0.29, 0.717) is 22.4 Å². The molecule has 0 fully saturated rings. The molecule has 1 aliphatic carbocycles. The Hall–Kier alpha value is -0.790. The van der Waals surface area contributed by atoms with Crippen LogP contribution in [-0.2, 0) is 4.79 Å². The van der Waals surface area contributed by atoms with E-state index in [-0.39, 0.29) is 0 Å². The summed E-state index contributed by atoms with van der Waals surface area (Å²) >= 11 is 12.4. The van der Waals surface area contributed by atoms with E-state index in [1.165, 1.54) is 5.57 Å². The van der Waals surface area contributed by atoms with Crippen LogP contribution in [0, 0.1) is 5.92 Å². The van der Waals surface area contributed by atoms with Crippen molar-refractivity contribution in [2.45, 2.75) is 25.7 Å². The lowest BCUT2D eigenvalue weighted by atomic mass is 9.85. The molecule has 0 amide bonds. The van der Waals surface area contributed by atoms with Crippen molar-refractivity contribution in [3.05, 3.63) is 39.9 Å². The summed E-state index contributed by atoms with van der Waals surface area (Å²) in [5.41, 5.74) is 2.17. The van der Waals surface area contributed by atoms with Crippen molar-refractivity contribution in [1.29, 1.82) is 0 Å². The van der Waals surface area contributed by atoms with E-state index in [2.05, 4.69) is 6.08 Å². The standard InChI is InChI=1S/C14H14Cl2O/c15-12-2-1-3-13(16)14(12)11-6-4-10(5-7-11)8-9-17/h1-3,6,9-10H,4-5,7-8H2. The van der Waals surface area contributed by atoms with Gasteiger partial charge in [-0.25, -0.2) is 0 Å². The molecule has 0 N–H and O–H groups in total. The molecule has 0 saturated carbocycles. The fourth-order valence-electron chi connectivity index (χ4n) is 2.27. The van der Waals surface area contributed by atoms with E-state index in [0.717, 1.165) is 31.1 Å². The molecule has 1 unspecified atom stereocenters. The van der Waals surface area contributed by atoms with Gasteiger partial charge in [-0.15, -0.1) is 0 Å². The fourth-order valence-corrected chi connectivity index (χ4v) is 2.91. The molecule has 0 aliphatic heterocycles. The van der Waals surface area contributed by atoms with Gasteiger partial charge in [0.15, 0.2) is 0 Å². The van der Waals surface area contributed by atoms with E-state index in [9.17, 15) is 4.79 Å². The maximum Gasteiger partial charge on any atom is 0.120 e. The summed E-state index contributed by atoms with van der Waals surface area (Å²) in [5.74, 6) is 0.484. The molecule has 1 atom stereocenters. The zero-order valence-corrected chi connectivity index (χ0v) is 11.0. The van der Waals surface area contributed by atoms with Crippen molar-refractivity contribution in [3.8, 4) is 0 Å². The molecule has 2 rings (SSSR count). The van der Waals surface area contributed by atoms with Crippen molar-refractivity contribution in [1.82, 2.24) is 0 Å². The smallest absolute Gasteiger partial charge is 0.120 e. The van der Waals surface area contributed by atoms with Gasteiger partial charge in [-0.1, -0.05) is 35.3 Å². The lowest BCUT2D eigenvalue weighted by molar-refractivity contribution is -0.108. The first-order chi connectivity index (χ1) is 8.22. The maximum absolute atomic E-state index is 10.5. The summed E-state index contributed by atoms with van der Waals surface area (Å²) in [7, 11) is 0. The Morgan fingerprint density at radius 3 is 2.53 bits per heavy atom.